The van der Waals surface area contributed by atoms with Crippen LogP contribution >= 0.6 is 11.6 Å². The van der Waals surface area contributed by atoms with Gasteiger partial charge in [0.15, 0.2) is 0 Å². The van der Waals surface area contributed by atoms with Crippen molar-refractivity contribution in [2.75, 3.05) is 18.0 Å². The summed E-state index contributed by atoms with van der Waals surface area (Å²) in [5.74, 6) is 0.605. The molecule has 0 spiro atoms. The molecular formula is C15H22ClN. The molecule has 1 aromatic rings. The van der Waals surface area contributed by atoms with Crippen molar-refractivity contribution in [1.29, 1.82) is 0 Å². The number of anilines is 1. The van der Waals surface area contributed by atoms with Gasteiger partial charge in [0.25, 0.3) is 0 Å². The minimum absolute atomic E-state index is 0.423. The average molecular weight is 252 g/mol. The maximum atomic E-state index is 6.07. The molecule has 1 aromatic carbocycles. The molecule has 0 saturated carbocycles. The van der Waals surface area contributed by atoms with Gasteiger partial charge in [-0.3, -0.25) is 0 Å². The second kappa shape index (κ2) is 4.89. The highest BCUT2D eigenvalue weighted by Crippen LogP contribution is 2.33. The summed E-state index contributed by atoms with van der Waals surface area (Å²) >= 11 is 6.07. The van der Waals surface area contributed by atoms with Crippen molar-refractivity contribution in [2.45, 2.75) is 39.5 Å². The Morgan fingerprint density at radius 2 is 2.12 bits per heavy atom. The summed E-state index contributed by atoms with van der Waals surface area (Å²) in [5, 5.41) is 0. The van der Waals surface area contributed by atoms with E-state index in [2.05, 4.69) is 43.9 Å². The Hall–Kier alpha value is -0.690. The van der Waals surface area contributed by atoms with Crippen LogP contribution in [0.2, 0.25) is 0 Å². The first kappa shape index (κ1) is 12.8. The van der Waals surface area contributed by atoms with Gasteiger partial charge in [0.2, 0.25) is 0 Å². The molecule has 1 heterocycles. The number of aryl methyl sites for hydroxylation is 1. The van der Waals surface area contributed by atoms with Gasteiger partial charge in [-0.25, -0.2) is 0 Å². The van der Waals surface area contributed by atoms with Gasteiger partial charge in [-0.05, 0) is 36.8 Å². The number of hydrogen-bond donors (Lipinski definition) is 0. The van der Waals surface area contributed by atoms with Crippen LogP contribution in [0, 0.1) is 12.3 Å². The van der Waals surface area contributed by atoms with Crippen LogP contribution in [0.4, 0.5) is 5.69 Å². The summed E-state index contributed by atoms with van der Waals surface area (Å²) < 4.78 is 0. The predicted octanol–water partition coefficient (Wildman–Crippen LogP) is 4.36. The lowest BCUT2D eigenvalue weighted by atomic mass is 9.84. The predicted molar refractivity (Wildman–Crippen MR) is 76.0 cm³/mol. The zero-order chi connectivity index (χ0) is 12.5. The number of nitrogens with zero attached hydrogens (tertiary/aromatic N) is 1. The first-order valence-corrected chi connectivity index (χ1v) is 6.96. The molecule has 1 fully saturated rings. The van der Waals surface area contributed by atoms with E-state index in [-0.39, 0.29) is 0 Å². The quantitative estimate of drug-likeness (QED) is 0.706. The highest BCUT2D eigenvalue weighted by Gasteiger charge is 2.27. The molecule has 0 radical (unpaired) electrons. The van der Waals surface area contributed by atoms with E-state index in [0.29, 0.717) is 11.3 Å². The molecule has 0 aliphatic carbocycles. The lowest BCUT2D eigenvalue weighted by Crippen LogP contribution is -2.40. The molecular weight excluding hydrogens is 230 g/mol. The molecule has 0 bridgehead atoms. The number of alkyl halides is 1. The van der Waals surface area contributed by atoms with E-state index in [1.165, 1.54) is 29.7 Å². The van der Waals surface area contributed by atoms with Crippen LogP contribution in [0.3, 0.4) is 0 Å². The molecule has 0 atom stereocenters. The number of piperidine rings is 1. The molecule has 2 rings (SSSR count). The molecule has 1 saturated heterocycles. The smallest absolute Gasteiger partial charge is 0.0494 e. The van der Waals surface area contributed by atoms with Gasteiger partial charge in [-0.2, -0.15) is 0 Å². The molecule has 94 valence electrons. The van der Waals surface area contributed by atoms with E-state index >= 15 is 0 Å². The summed E-state index contributed by atoms with van der Waals surface area (Å²) in [5.41, 5.74) is 4.32. The fraction of sp³-hybridized carbons (Fsp3) is 0.600. The van der Waals surface area contributed by atoms with Crippen molar-refractivity contribution in [3.8, 4) is 0 Å². The van der Waals surface area contributed by atoms with E-state index in [9.17, 15) is 0 Å². The third kappa shape index (κ3) is 2.95. The molecule has 1 aliphatic heterocycles. The molecule has 0 amide bonds. The second-order valence-corrected chi connectivity index (χ2v) is 6.22. The Morgan fingerprint density at radius 3 is 2.76 bits per heavy atom. The SMILES string of the molecule is Cc1ccc(N2CCCC(C)(C)C2)c(CCl)c1. The fourth-order valence-electron chi connectivity index (χ4n) is 2.76. The summed E-state index contributed by atoms with van der Waals surface area (Å²) in [7, 11) is 0. The highest BCUT2D eigenvalue weighted by atomic mass is 35.5. The minimum atomic E-state index is 0.423. The number of rotatable bonds is 2. The van der Waals surface area contributed by atoms with Crippen LogP contribution in [-0.4, -0.2) is 13.1 Å². The average Bonchev–Trinajstić information content (AvgIpc) is 2.27. The third-order valence-corrected chi connectivity index (χ3v) is 3.91. The van der Waals surface area contributed by atoms with E-state index in [1.807, 2.05) is 0 Å². The van der Waals surface area contributed by atoms with Crippen molar-refractivity contribution in [3.63, 3.8) is 0 Å². The van der Waals surface area contributed by atoms with Crippen molar-refractivity contribution >= 4 is 17.3 Å². The molecule has 1 nitrogen and oxygen atoms in total. The maximum absolute atomic E-state index is 6.07. The Kier molecular flexibility index (Phi) is 3.67. The number of halogens is 1. The van der Waals surface area contributed by atoms with Crippen molar-refractivity contribution in [3.05, 3.63) is 29.3 Å². The van der Waals surface area contributed by atoms with Gasteiger partial charge in [0.05, 0.1) is 0 Å². The molecule has 0 unspecified atom stereocenters. The first-order chi connectivity index (χ1) is 8.02. The van der Waals surface area contributed by atoms with Crippen molar-refractivity contribution < 1.29 is 0 Å². The highest BCUT2D eigenvalue weighted by molar-refractivity contribution is 6.17. The zero-order valence-corrected chi connectivity index (χ0v) is 11.8. The molecule has 17 heavy (non-hydrogen) atoms. The van der Waals surface area contributed by atoms with Crippen LogP contribution in [0.5, 0.6) is 0 Å². The lowest BCUT2D eigenvalue weighted by Gasteiger charge is -2.40. The Bertz CT molecular complexity index is 398. The number of benzene rings is 1. The van der Waals surface area contributed by atoms with Gasteiger partial charge >= 0.3 is 0 Å². The molecule has 2 heteroatoms. The zero-order valence-electron chi connectivity index (χ0n) is 11.1. The topological polar surface area (TPSA) is 3.24 Å². The fourth-order valence-corrected chi connectivity index (χ4v) is 2.97. The minimum Gasteiger partial charge on any atom is -0.371 e. The molecule has 0 aromatic heterocycles. The normalized spacial score (nSPS) is 19.4. The summed E-state index contributed by atoms with van der Waals surface area (Å²) in [6, 6.07) is 6.63. The standard InChI is InChI=1S/C15H22ClN/c1-12-5-6-14(13(9-12)10-16)17-8-4-7-15(2,3)11-17/h5-6,9H,4,7-8,10-11H2,1-3H3. The van der Waals surface area contributed by atoms with Gasteiger partial charge in [0, 0.05) is 24.7 Å². The Morgan fingerprint density at radius 1 is 1.35 bits per heavy atom. The van der Waals surface area contributed by atoms with E-state index in [4.69, 9.17) is 11.6 Å². The van der Waals surface area contributed by atoms with Crippen LogP contribution in [0.1, 0.15) is 37.8 Å². The van der Waals surface area contributed by atoms with Gasteiger partial charge in [0.1, 0.15) is 0 Å². The van der Waals surface area contributed by atoms with E-state index in [1.54, 1.807) is 0 Å². The summed E-state index contributed by atoms with van der Waals surface area (Å²) in [4.78, 5) is 2.50. The first-order valence-electron chi connectivity index (χ1n) is 6.42. The summed E-state index contributed by atoms with van der Waals surface area (Å²) in [6.07, 6.45) is 2.61. The van der Waals surface area contributed by atoms with E-state index < -0.39 is 0 Å². The second-order valence-electron chi connectivity index (χ2n) is 5.96. The van der Waals surface area contributed by atoms with Gasteiger partial charge < -0.3 is 4.90 Å². The van der Waals surface area contributed by atoms with Crippen LogP contribution in [0.15, 0.2) is 18.2 Å². The van der Waals surface area contributed by atoms with Crippen molar-refractivity contribution in [1.82, 2.24) is 0 Å². The van der Waals surface area contributed by atoms with Gasteiger partial charge in [-0.15, -0.1) is 11.6 Å². The van der Waals surface area contributed by atoms with Gasteiger partial charge in [-0.1, -0.05) is 31.5 Å². The largest absolute Gasteiger partial charge is 0.371 e. The summed E-state index contributed by atoms with van der Waals surface area (Å²) in [6.45, 7) is 9.14. The van der Waals surface area contributed by atoms with E-state index in [0.717, 1.165) is 13.1 Å². The Labute approximate surface area is 110 Å². The lowest BCUT2D eigenvalue weighted by molar-refractivity contribution is 0.293. The maximum Gasteiger partial charge on any atom is 0.0494 e. The Balaban J connectivity index is 2.27. The molecule has 0 N–H and O–H groups in total. The molecule has 1 aliphatic rings. The number of hydrogen-bond acceptors (Lipinski definition) is 1. The van der Waals surface area contributed by atoms with Crippen LogP contribution < -0.4 is 4.90 Å². The van der Waals surface area contributed by atoms with Crippen LogP contribution in [-0.2, 0) is 5.88 Å². The third-order valence-electron chi connectivity index (χ3n) is 3.62. The van der Waals surface area contributed by atoms with Crippen LogP contribution in [0.25, 0.3) is 0 Å². The monoisotopic (exact) mass is 251 g/mol. The van der Waals surface area contributed by atoms with Crippen molar-refractivity contribution in [2.24, 2.45) is 5.41 Å².